The molecule has 0 heterocycles. The van der Waals surface area contributed by atoms with Crippen LogP contribution >= 0.6 is 11.8 Å². The second-order valence-electron chi connectivity index (χ2n) is 4.63. The number of nitriles is 1. The second kappa shape index (κ2) is 4.09. The third-order valence-corrected chi connectivity index (χ3v) is 4.22. The fraction of sp³-hybridized carbons (Fsp3) is 0.267. The predicted molar refractivity (Wildman–Crippen MR) is 72.1 cm³/mol. The highest BCUT2D eigenvalue weighted by Crippen LogP contribution is 2.45. The van der Waals surface area contributed by atoms with Crippen LogP contribution in [0.25, 0.3) is 10.8 Å². The van der Waals surface area contributed by atoms with E-state index in [1.807, 2.05) is 0 Å². The van der Waals surface area contributed by atoms with E-state index in [4.69, 9.17) is 5.26 Å². The van der Waals surface area contributed by atoms with Gasteiger partial charge in [0.2, 0.25) is 0 Å². The highest BCUT2D eigenvalue weighted by atomic mass is 32.2. The molecule has 3 rings (SSSR count). The summed E-state index contributed by atoms with van der Waals surface area (Å²) in [6.07, 6.45) is 2.63. The summed E-state index contributed by atoms with van der Waals surface area (Å²) in [6.45, 7) is 2.11. The first-order chi connectivity index (χ1) is 8.31. The van der Waals surface area contributed by atoms with Crippen molar-refractivity contribution < 1.29 is 0 Å². The first kappa shape index (κ1) is 10.7. The minimum absolute atomic E-state index is 0.750. The smallest absolute Gasteiger partial charge is 0.138 e. The lowest BCUT2D eigenvalue weighted by molar-refractivity contribution is 1.13. The van der Waals surface area contributed by atoms with Crippen molar-refractivity contribution in [2.75, 3.05) is 0 Å². The van der Waals surface area contributed by atoms with E-state index in [2.05, 4.69) is 42.7 Å². The SMILES string of the molecule is Cc1cc(C2CC2)c2ccccc2c1SC#N. The molecule has 84 valence electrons. The Hall–Kier alpha value is -1.46. The molecule has 0 N–H and O–H groups in total. The van der Waals surface area contributed by atoms with Crippen LogP contribution < -0.4 is 0 Å². The molecule has 0 aliphatic heterocycles. The van der Waals surface area contributed by atoms with Gasteiger partial charge in [-0.2, -0.15) is 5.26 Å². The fourth-order valence-electron chi connectivity index (χ4n) is 2.44. The monoisotopic (exact) mass is 239 g/mol. The van der Waals surface area contributed by atoms with Gasteiger partial charge in [0.05, 0.1) is 0 Å². The molecular formula is C15H13NS. The molecule has 0 aromatic heterocycles. The molecular weight excluding hydrogens is 226 g/mol. The Morgan fingerprint density at radius 1 is 1.24 bits per heavy atom. The van der Waals surface area contributed by atoms with Crippen LogP contribution in [0.15, 0.2) is 35.2 Å². The van der Waals surface area contributed by atoms with Gasteiger partial charge in [-0.1, -0.05) is 30.3 Å². The van der Waals surface area contributed by atoms with Crippen LogP contribution in [0.3, 0.4) is 0 Å². The normalized spacial score (nSPS) is 14.8. The molecule has 0 saturated heterocycles. The number of benzene rings is 2. The molecule has 0 unspecified atom stereocenters. The van der Waals surface area contributed by atoms with E-state index < -0.39 is 0 Å². The van der Waals surface area contributed by atoms with Crippen molar-refractivity contribution in [3.05, 3.63) is 41.5 Å². The standard InChI is InChI=1S/C15H13NS/c1-10-8-14(11-6-7-11)12-4-2-3-5-13(12)15(10)17-9-16/h2-5,8,11H,6-7H2,1H3. The third-order valence-electron chi connectivity index (χ3n) is 3.38. The highest BCUT2D eigenvalue weighted by molar-refractivity contribution is 8.04. The van der Waals surface area contributed by atoms with Gasteiger partial charge in [0.15, 0.2) is 0 Å². The summed E-state index contributed by atoms with van der Waals surface area (Å²) in [4.78, 5) is 1.12. The van der Waals surface area contributed by atoms with E-state index in [1.165, 1.54) is 46.5 Å². The molecule has 0 spiro atoms. The molecule has 0 bridgehead atoms. The Bertz CT molecular complexity index is 621. The number of hydrogen-bond donors (Lipinski definition) is 0. The van der Waals surface area contributed by atoms with Gasteiger partial charge in [-0.3, -0.25) is 0 Å². The van der Waals surface area contributed by atoms with Gasteiger partial charge in [0, 0.05) is 4.90 Å². The molecule has 17 heavy (non-hydrogen) atoms. The Balaban J connectivity index is 2.32. The fourth-order valence-corrected chi connectivity index (χ4v) is 3.03. The van der Waals surface area contributed by atoms with Crippen molar-refractivity contribution in [1.82, 2.24) is 0 Å². The molecule has 0 radical (unpaired) electrons. The van der Waals surface area contributed by atoms with Gasteiger partial charge in [-0.25, -0.2) is 0 Å². The van der Waals surface area contributed by atoms with E-state index in [1.54, 1.807) is 0 Å². The molecule has 1 aliphatic carbocycles. The van der Waals surface area contributed by atoms with Crippen LogP contribution in [0, 0.1) is 17.6 Å². The van der Waals surface area contributed by atoms with Crippen molar-refractivity contribution in [2.24, 2.45) is 0 Å². The van der Waals surface area contributed by atoms with Crippen molar-refractivity contribution in [3.63, 3.8) is 0 Å². The molecule has 1 aliphatic rings. The minimum Gasteiger partial charge on any atom is -0.185 e. The Morgan fingerprint density at radius 2 is 1.94 bits per heavy atom. The molecule has 1 saturated carbocycles. The maximum absolute atomic E-state index is 8.91. The third kappa shape index (κ3) is 1.81. The number of fused-ring (bicyclic) bond motifs is 1. The van der Waals surface area contributed by atoms with Crippen molar-refractivity contribution in [1.29, 1.82) is 5.26 Å². The first-order valence-corrected chi connectivity index (χ1v) is 6.71. The molecule has 2 aromatic rings. The first-order valence-electron chi connectivity index (χ1n) is 5.89. The minimum atomic E-state index is 0.750. The molecule has 1 fully saturated rings. The summed E-state index contributed by atoms with van der Waals surface area (Å²) in [7, 11) is 0. The van der Waals surface area contributed by atoms with Crippen LogP contribution in [-0.2, 0) is 0 Å². The molecule has 1 nitrogen and oxygen atoms in total. The van der Waals surface area contributed by atoms with Crippen LogP contribution in [0.1, 0.15) is 29.9 Å². The van der Waals surface area contributed by atoms with E-state index in [0.29, 0.717) is 0 Å². The highest BCUT2D eigenvalue weighted by Gasteiger charge is 2.26. The zero-order valence-electron chi connectivity index (χ0n) is 9.73. The van der Waals surface area contributed by atoms with Gasteiger partial charge >= 0.3 is 0 Å². The summed E-state index contributed by atoms with van der Waals surface area (Å²) in [5, 5.41) is 13.7. The molecule has 2 aromatic carbocycles. The van der Waals surface area contributed by atoms with Crippen LogP contribution in [0.4, 0.5) is 0 Å². The van der Waals surface area contributed by atoms with E-state index in [9.17, 15) is 0 Å². The molecule has 0 amide bonds. The van der Waals surface area contributed by atoms with Gasteiger partial charge in [0.25, 0.3) is 0 Å². The average Bonchev–Trinajstić information content (AvgIpc) is 3.16. The lowest BCUT2D eigenvalue weighted by Crippen LogP contribution is -1.89. The van der Waals surface area contributed by atoms with Gasteiger partial charge < -0.3 is 0 Å². The van der Waals surface area contributed by atoms with Gasteiger partial charge in [-0.15, -0.1) is 0 Å². The molecule has 0 atom stereocenters. The van der Waals surface area contributed by atoms with Crippen LogP contribution in [-0.4, -0.2) is 0 Å². The number of hydrogen-bond acceptors (Lipinski definition) is 2. The zero-order valence-corrected chi connectivity index (χ0v) is 10.6. The number of rotatable bonds is 2. The van der Waals surface area contributed by atoms with Gasteiger partial charge in [-0.05, 0) is 59.3 Å². The van der Waals surface area contributed by atoms with Crippen LogP contribution in [0.5, 0.6) is 0 Å². The number of thioether (sulfide) groups is 1. The summed E-state index contributed by atoms with van der Waals surface area (Å²) < 4.78 is 0. The van der Waals surface area contributed by atoms with Crippen molar-refractivity contribution in [2.45, 2.75) is 30.6 Å². The Labute approximate surface area is 105 Å². The maximum Gasteiger partial charge on any atom is 0.138 e. The quantitative estimate of drug-likeness (QED) is 0.565. The maximum atomic E-state index is 8.91. The second-order valence-corrected chi connectivity index (χ2v) is 5.42. The van der Waals surface area contributed by atoms with Gasteiger partial charge in [0.1, 0.15) is 5.40 Å². The Morgan fingerprint density at radius 3 is 2.59 bits per heavy atom. The Kier molecular flexibility index (Phi) is 2.57. The lowest BCUT2D eigenvalue weighted by Gasteiger charge is -2.11. The topological polar surface area (TPSA) is 23.8 Å². The van der Waals surface area contributed by atoms with Crippen LogP contribution in [0.2, 0.25) is 0 Å². The van der Waals surface area contributed by atoms with E-state index in [-0.39, 0.29) is 0 Å². The van der Waals surface area contributed by atoms with Crippen molar-refractivity contribution >= 4 is 22.5 Å². The summed E-state index contributed by atoms with van der Waals surface area (Å²) in [5.74, 6) is 0.750. The molecule has 2 heteroatoms. The largest absolute Gasteiger partial charge is 0.185 e. The van der Waals surface area contributed by atoms with Crippen molar-refractivity contribution in [3.8, 4) is 5.40 Å². The number of thiocyanates is 1. The average molecular weight is 239 g/mol. The summed E-state index contributed by atoms with van der Waals surface area (Å²) in [6, 6.07) is 10.7. The summed E-state index contributed by atoms with van der Waals surface area (Å²) in [5.41, 5.74) is 2.71. The summed E-state index contributed by atoms with van der Waals surface area (Å²) >= 11 is 1.28. The van der Waals surface area contributed by atoms with E-state index >= 15 is 0 Å². The number of aryl methyl sites for hydroxylation is 1. The number of nitrogens with zero attached hydrogens (tertiary/aromatic N) is 1. The lowest BCUT2D eigenvalue weighted by atomic mass is 9.98. The zero-order chi connectivity index (χ0) is 11.8. The predicted octanol–water partition coefficient (Wildman–Crippen LogP) is 4.60. The van der Waals surface area contributed by atoms with E-state index in [0.717, 1.165) is 10.8 Å².